The number of benzene rings is 2. The van der Waals surface area contributed by atoms with Gasteiger partial charge in [0.2, 0.25) is 16.0 Å². The molecule has 0 fully saturated rings. The Morgan fingerprint density at radius 3 is 2.50 bits per heavy atom. The van der Waals surface area contributed by atoms with Crippen LogP contribution in [0.15, 0.2) is 47.5 Å². The summed E-state index contributed by atoms with van der Waals surface area (Å²) in [6.07, 6.45) is 0.993. The third-order valence-electron chi connectivity index (χ3n) is 5.68. The van der Waals surface area contributed by atoms with E-state index in [1.807, 2.05) is 18.4 Å². The Kier molecular flexibility index (Phi) is 8.31. The fraction of sp³-hybridized carbons (Fsp3) is 0.320. The summed E-state index contributed by atoms with van der Waals surface area (Å²) in [6, 6.07) is 8.75. The van der Waals surface area contributed by atoms with Crippen molar-refractivity contribution in [3.63, 3.8) is 0 Å². The van der Waals surface area contributed by atoms with E-state index in [2.05, 4.69) is 25.0 Å². The van der Waals surface area contributed by atoms with Gasteiger partial charge in [0, 0.05) is 30.4 Å². The second-order valence-corrected chi connectivity index (χ2v) is 10.6. The van der Waals surface area contributed by atoms with Crippen molar-refractivity contribution in [2.24, 2.45) is 5.73 Å². The first kappa shape index (κ1) is 27.5. The van der Waals surface area contributed by atoms with Crippen LogP contribution in [0.5, 0.6) is 0 Å². The Balaban J connectivity index is 1.55. The topological polar surface area (TPSA) is 137 Å². The van der Waals surface area contributed by atoms with Gasteiger partial charge in [-0.2, -0.15) is 0 Å². The normalized spacial score (nSPS) is 12.0. The summed E-state index contributed by atoms with van der Waals surface area (Å²) in [4.78, 5) is 12.6. The molecule has 2 heterocycles. The predicted molar refractivity (Wildman–Crippen MR) is 141 cm³/mol. The quantitative estimate of drug-likeness (QED) is 0.243. The molecule has 0 unspecified atom stereocenters. The summed E-state index contributed by atoms with van der Waals surface area (Å²) in [7, 11) is -3.73. The van der Waals surface area contributed by atoms with Crippen molar-refractivity contribution in [2.75, 3.05) is 31.6 Å². The highest BCUT2D eigenvalue weighted by atomic mass is 32.2. The summed E-state index contributed by atoms with van der Waals surface area (Å²) in [5, 5.41) is 2.92. The molecular formula is C25H29F2N7O3S. The fourth-order valence-corrected chi connectivity index (χ4v) is 5.06. The highest BCUT2D eigenvalue weighted by Crippen LogP contribution is 2.30. The van der Waals surface area contributed by atoms with Crippen molar-refractivity contribution in [3.05, 3.63) is 60.1 Å². The first-order chi connectivity index (χ1) is 18.1. The van der Waals surface area contributed by atoms with E-state index in [1.54, 1.807) is 13.0 Å². The SMILES string of the molecule is Cc1nc2c(F)cc(-c3nc(Nc4ccc(S(=O)(=O)NCCOCCN)cc4)ncc3F)cc2n1C(C)C. The first-order valence-corrected chi connectivity index (χ1v) is 13.4. The summed E-state index contributed by atoms with van der Waals surface area (Å²) in [6.45, 7) is 6.72. The highest BCUT2D eigenvalue weighted by Gasteiger charge is 2.19. The number of hydrogen-bond acceptors (Lipinski definition) is 8. The average Bonchev–Trinajstić information content (AvgIpc) is 3.22. The summed E-state index contributed by atoms with van der Waals surface area (Å²) >= 11 is 0. The molecule has 0 aliphatic rings. The Morgan fingerprint density at radius 1 is 1.08 bits per heavy atom. The lowest BCUT2D eigenvalue weighted by Crippen LogP contribution is -2.28. The number of nitrogens with one attached hydrogen (secondary N) is 2. The Hall–Kier alpha value is -3.52. The number of ether oxygens (including phenoxy) is 1. The molecule has 202 valence electrons. The van der Waals surface area contributed by atoms with Gasteiger partial charge in [-0.1, -0.05) is 0 Å². The van der Waals surface area contributed by atoms with Gasteiger partial charge >= 0.3 is 0 Å². The monoisotopic (exact) mass is 545 g/mol. The van der Waals surface area contributed by atoms with E-state index in [1.165, 1.54) is 30.3 Å². The molecule has 0 aliphatic heterocycles. The van der Waals surface area contributed by atoms with Gasteiger partial charge in [0.05, 0.1) is 29.8 Å². The standard InChI is InChI=1S/C25H29F2N7O3S/c1-15(2)34-16(3)31-24-20(26)12-17(13-22(24)34)23-21(27)14-29-25(33-23)32-18-4-6-19(7-5-18)38(35,36)30-9-11-37-10-8-28/h4-7,12-15,30H,8-11,28H2,1-3H3,(H,29,32,33). The van der Waals surface area contributed by atoms with E-state index in [4.69, 9.17) is 10.5 Å². The zero-order valence-electron chi connectivity index (χ0n) is 21.2. The van der Waals surface area contributed by atoms with Crippen molar-refractivity contribution in [1.29, 1.82) is 0 Å². The average molecular weight is 546 g/mol. The molecule has 0 saturated heterocycles. The van der Waals surface area contributed by atoms with Crippen LogP contribution in [-0.4, -0.2) is 54.2 Å². The molecule has 2 aromatic carbocycles. The number of rotatable bonds is 11. The molecule has 13 heteroatoms. The molecule has 4 aromatic rings. The van der Waals surface area contributed by atoms with Gasteiger partial charge in [0.25, 0.3) is 0 Å². The smallest absolute Gasteiger partial charge is 0.240 e. The molecule has 0 radical (unpaired) electrons. The molecule has 0 saturated carbocycles. The van der Waals surface area contributed by atoms with Crippen molar-refractivity contribution in [1.82, 2.24) is 24.2 Å². The number of nitrogens with two attached hydrogens (primary N) is 1. The van der Waals surface area contributed by atoms with Gasteiger partial charge in [-0.25, -0.2) is 36.9 Å². The lowest BCUT2D eigenvalue weighted by atomic mass is 10.1. The molecule has 38 heavy (non-hydrogen) atoms. The zero-order chi connectivity index (χ0) is 27.4. The molecule has 0 amide bonds. The number of nitrogens with zero attached hydrogens (tertiary/aromatic N) is 4. The van der Waals surface area contributed by atoms with E-state index >= 15 is 0 Å². The molecule has 10 nitrogen and oxygen atoms in total. The van der Waals surface area contributed by atoms with E-state index in [9.17, 15) is 17.2 Å². The van der Waals surface area contributed by atoms with Crippen LogP contribution < -0.4 is 15.8 Å². The van der Waals surface area contributed by atoms with Gasteiger partial charge in [0.15, 0.2) is 11.6 Å². The Morgan fingerprint density at radius 2 is 1.82 bits per heavy atom. The van der Waals surface area contributed by atoms with Crippen LogP contribution in [0.3, 0.4) is 0 Å². The highest BCUT2D eigenvalue weighted by molar-refractivity contribution is 7.89. The third kappa shape index (κ3) is 5.96. The van der Waals surface area contributed by atoms with Crippen molar-refractivity contribution in [2.45, 2.75) is 31.7 Å². The minimum Gasteiger partial charge on any atom is -0.379 e. The number of anilines is 2. The fourth-order valence-electron chi connectivity index (χ4n) is 4.05. The van der Waals surface area contributed by atoms with E-state index in [-0.39, 0.29) is 46.8 Å². The van der Waals surface area contributed by atoms with Crippen LogP contribution in [0.4, 0.5) is 20.4 Å². The van der Waals surface area contributed by atoms with Gasteiger partial charge in [-0.15, -0.1) is 0 Å². The van der Waals surface area contributed by atoms with Crippen molar-refractivity contribution in [3.8, 4) is 11.3 Å². The number of fused-ring (bicyclic) bond motifs is 1. The largest absolute Gasteiger partial charge is 0.379 e. The Bertz CT molecular complexity index is 1540. The van der Waals surface area contributed by atoms with Gasteiger partial charge in [-0.3, -0.25) is 0 Å². The minimum atomic E-state index is -3.73. The second kappa shape index (κ2) is 11.5. The van der Waals surface area contributed by atoms with Gasteiger partial charge in [-0.05, 0) is 57.2 Å². The summed E-state index contributed by atoms with van der Waals surface area (Å²) in [5.74, 6) is -0.591. The maximum absolute atomic E-state index is 14.9. The van der Waals surface area contributed by atoms with Crippen molar-refractivity contribution < 1.29 is 21.9 Å². The molecular weight excluding hydrogens is 516 g/mol. The third-order valence-corrected chi connectivity index (χ3v) is 7.16. The number of imidazole rings is 1. The number of hydrogen-bond donors (Lipinski definition) is 3. The maximum Gasteiger partial charge on any atom is 0.240 e. The van der Waals surface area contributed by atoms with Crippen LogP contribution in [0.25, 0.3) is 22.3 Å². The van der Waals surface area contributed by atoms with Gasteiger partial charge in [0.1, 0.15) is 17.0 Å². The lowest BCUT2D eigenvalue weighted by Gasteiger charge is -2.12. The maximum atomic E-state index is 14.9. The molecule has 4 N–H and O–H groups in total. The summed E-state index contributed by atoms with van der Waals surface area (Å²) < 4.78 is 64.1. The molecule has 0 aliphatic carbocycles. The number of halogens is 2. The van der Waals surface area contributed by atoms with Gasteiger partial charge < -0.3 is 20.4 Å². The van der Waals surface area contributed by atoms with E-state index in [0.717, 1.165) is 6.20 Å². The van der Waals surface area contributed by atoms with E-state index < -0.39 is 21.7 Å². The number of aromatic nitrogens is 4. The summed E-state index contributed by atoms with van der Waals surface area (Å²) in [5.41, 5.74) is 6.70. The Labute approximate surface area is 219 Å². The molecule has 0 atom stereocenters. The molecule has 0 bridgehead atoms. The zero-order valence-corrected chi connectivity index (χ0v) is 22.0. The predicted octanol–water partition coefficient (Wildman–Crippen LogP) is 3.66. The number of aryl methyl sites for hydroxylation is 1. The van der Waals surface area contributed by atoms with E-state index in [0.29, 0.717) is 30.2 Å². The molecule has 0 spiro atoms. The molecule has 2 aromatic heterocycles. The van der Waals surface area contributed by atoms with Crippen LogP contribution in [0.1, 0.15) is 25.7 Å². The van der Waals surface area contributed by atoms with Crippen LogP contribution >= 0.6 is 0 Å². The second-order valence-electron chi connectivity index (χ2n) is 8.79. The van der Waals surface area contributed by atoms with Crippen molar-refractivity contribution >= 4 is 32.7 Å². The first-order valence-electron chi connectivity index (χ1n) is 12.0. The van der Waals surface area contributed by atoms with Crippen LogP contribution in [-0.2, 0) is 14.8 Å². The van der Waals surface area contributed by atoms with Crippen LogP contribution in [0, 0.1) is 18.6 Å². The molecule has 4 rings (SSSR count). The minimum absolute atomic E-state index is 0.0219. The lowest BCUT2D eigenvalue weighted by molar-refractivity contribution is 0.147. The number of sulfonamides is 1. The van der Waals surface area contributed by atoms with Crippen LogP contribution in [0.2, 0.25) is 0 Å².